The summed E-state index contributed by atoms with van der Waals surface area (Å²) >= 11 is 6.01. The number of carbonyl (C=O) groups is 2. The van der Waals surface area contributed by atoms with Crippen LogP contribution in [0.25, 0.3) is 11.5 Å². The molecule has 0 atom stereocenters. The second-order valence-electron chi connectivity index (χ2n) is 3.31. The van der Waals surface area contributed by atoms with Crippen LogP contribution in [0.4, 0.5) is 5.95 Å². The lowest BCUT2D eigenvalue weighted by Gasteiger charge is -2.13. The maximum absolute atomic E-state index is 11.5. The van der Waals surface area contributed by atoms with Gasteiger partial charge in [0.15, 0.2) is 5.82 Å². The Balaban J connectivity index is 2.71. The van der Waals surface area contributed by atoms with E-state index in [-0.39, 0.29) is 28.7 Å². The molecule has 0 saturated heterocycles. The first-order valence-electron chi connectivity index (χ1n) is 4.68. The molecule has 17 heavy (non-hydrogen) atoms. The summed E-state index contributed by atoms with van der Waals surface area (Å²) in [6.45, 7) is 2.61. The topological polar surface area (TPSA) is 89.8 Å². The van der Waals surface area contributed by atoms with Gasteiger partial charge in [0.1, 0.15) is 17.2 Å². The first-order chi connectivity index (χ1) is 8.00. The zero-order valence-corrected chi connectivity index (χ0v) is 9.82. The molecule has 0 aromatic rings. The second-order valence-corrected chi connectivity index (χ2v) is 3.67. The molecule has 2 heterocycles. The molecule has 2 aliphatic rings. The maximum Gasteiger partial charge on any atom is 0.231 e. The Labute approximate surface area is 101 Å². The fourth-order valence-corrected chi connectivity index (χ4v) is 1.70. The van der Waals surface area contributed by atoms with Crippen molar-refractivity contribution < 1.29 is 9.59 Å². The summed E-state index contributed by atoms with van der Waals surface area (Å²) in [5.41, 5.74) is 0.316. The minimum Gasteiger partial charge on any atom is -0.296 e. The number of nitrogens with one attached hydrogen (secondary N) is 1. The highest BCUT2D eigenvalue weighted by Crippen LogP contribution is 2.27. The summed E-state index contributed by atoms with van der Waals surface area (Å²) in [6.07, 6.45) is 1.28. The van der Waals surface area contributed by atoms with Gasteiger partial charge in [-0.25, -0.2) is 14.5 Å². The average molecular weight is 254 g/mol. The largest absolute Gasteiger partial charge is 0.296 e. The van der Waals surface area contributed by atoms with E-state index in [1.165, 1.54) is 20.2 Å². The molecule has 88 valence electrons. The number of rotatable bonds is 1. The highest BCUT2D eigenvalue weighted by molar-refractivity contribution is 6.33. The third kappa shape index (κ3) is 1.96. The standard InChI is InChI=1S/C9H8ClN5O2/c1-4(16)13-9-14-8-6(11-3-12-8)7(10)15(9)5(2)17/h3H,1-2H3,(H,11,12,13,14,16). The molecular weight excluding hydrogens is 246 g/mol. The Morgan fingerprint density at radius 2 is 2.06 bits per heavy atom. The third-order valence-electron chi connectivity index (χ3n) is 2.00. The van der Waals surface area contributed by atoms with Crippen LogP contribution in [0, 0.1) is 0 Å². The molecule has 1 amide bonds. The predicted octanol–water partition coefficient (Wildman–Crippen LogP) is 1.05. The van der Waals surface area contributed by atoms with Crippen LogP contribution in [0.15, 0.2) is 6.33 Å². The molecule has 0 aliphatic carbocycles. The first kappa shape index (κ1) is 11.5. The van der Waals surface area contributed by atoms with Crippen molar-refractivity contribution in [3.8, 4) is 11.5 Å². The van der Waals surface area contributed by atoms with E-state index < -0.39 is 0 Å². The van der Waals surface area contributed by atoms with Gasteiger partial charge in [0.05, 0.1) is 0 Å². The summed E-state index contributed by atoms with van der Waals surface area (Å²) in [6, 6.07) is 0. The molecule has 0 bridgehead atoms. The van der Waals surface area contributed by atoms with E-state index in [0.717, 1.165) is 4.57 Å². The SMILES string of the molecule is CC(=O)Nc1nc2ncnc-2c(Cl)n1C(C)=O. The summed E-state index contributed by atoms with van der Waals surface area (Å²) in [5.74, 6) is -0.433. The van der Waals surface area contributed by atoms with Crippen LogP contribution in [0.3, 0.4) is 0 Å². The van der Waals surface area contributed by atoms with Crippen molar-refractivity contribution in [2.75, 3.05) is 5.32 Å². The van der Waals surface area contributed by atoms with E-state index in [1.807, 2.05) is 0 Å². The van der Waals surface area contributed by atoms with E-state index in [2.05, 4.69) is 20.3 Å². The van der Waals surface area contributed by atoms with Gasteiger partial charge in [-0.2, -0.15) is 4.98 Å². The van der Waals surface area contributed by atoms with Gasteiger partial charge in [-0.05, 0) is 0 Å². The Kier molecular flexibility index (Phi) is 2.76. The number of halogens is 1. The Bertz CT molecular complexity index is 579. The highest BCUT2D eigenvalue weighted by atomic mass is 35.5. The molecular formula is C9H8ClN5O2. The zero-order chi connectivity index (χ0) is 12.6. The van der Waals surface area contributed by atoms with Gasteiger partial charge in [0.25, 0.3) is 0 Å². The van der Waals surface area contributed by atoms with Crippen molar-refractivity contribution in [2.24, 2.45) is 0 Å². The fourth-order valence-electron chi connectivity index (χ4n) is 1.37. The lowest BCUT2D eigenvalue weighted by Crippen LogP contribution is -2.20. The molecule has 0 fully saturated rings. The predicted molar refractivity (Wildman–Crippen MR) is 60.1 cm³/mol. The van der Waals surface area contributed by atoms with E-state index in [4.69, 9.17) is 11.6 Å². The molecule has 0 radical (unpaired) electrons. The number of hydrogen-bond acceptors (Lipinski definition) is 5. The lowest BCUT2D eigenvalue weighted by atomic mass is 10.4. The number of imidazole rings is 1. The van der Waals surface area contributed by atoms with E-state index >= 15 is 0 Å². The summed E-state index contributed by atoms with van der Waals surface area (Å²) in [4.78, 5) is 34.3. The Morgan fingerprint density at radius 1 is 1.35 bits per heavy atom. The number of amides is 1. The van der Waals surface area contributed by atoms with Gasteiger partial charge >= 0.3 is 0 Å². The number of aromatic nitrogens is 4. The minimum atomic E-state index is -0.379. The molecule has 2 aliphatic heterocycles. The van der Waals surface area contributed by atoms with Crippen LogP contribution in [-0.2, 0) is 4.79 Å². The molecule has 0 spiro atoms. The molecule has 0 aromatic heterocycles. The van der Waals surface area contributed by atoms with Crippen LogP contribution in [0.5, 0.6) is 0 Å². The highest BCUT2D eigenvalue weighted by Gasteiger charge is 2.21. The maximum atomic E-state index is 11.5. The van der Waals surface area contributed by atoms with E-state index in [1.54, 1.807) is 0 Å². The average Bonchev–Trinajstić information content (AvgIpc) is 2.64. The van der Waals surface area contributed by atoms with Crippen molar-refractivity contribution in [3.63, 3.8) is 0 Å². The molecule has 7 nitrogen and oxygen atoms in total. The number of anilines is 1. The summed E-state index contributed by atoms with van der Waals surface area (Å²) in [5, 5.41) is 2.49. The molecule has 1 N–H and O–H groups in total. The van der Waals surface area contributed by atoms with Crippen LogP contribution in [-0.4, -0.2) is 31.3 Å². The van der Waals surface area contributed by atoms with Gasteiger partial charge < -0.3 is 0 Å². The van der Waals surface area contributed by atoms with Gasteiger partial charge in [0, 0.05) is 13.8 Å². The molecule has 2 rings (SSSR count). The Morgan fingerprint density at radius 3 is 2.65 bits per heavy atom. The third-order valence-corrected chi connectivity index (χ3v) is 2.34. The number of fused-ring (bicyclic) bond motifs is 1. The van der Waals surface area contributed by atoms with Gasteiger partial charge in [-0.3, -0.25) is 14.9 Å². The summed E-state index contributed by atoms with van der Waals surface area (Å²) < 4.78 is 1.07. The normalized spacial score (nSPS) is 10.5. The summed E-state index contributed by atoms with van der Waals surface area (Å²) in [7, 11) is 0. The quantitative estimate of drug-likeness (QED) is 0.767. The number of nitrogens with zero attached hydrogens (tertiary/aromatic N) is 4. The fraction of sp³-hybridized carbons (Fsp3) is 0.222. The molecule has 0 unspecified atom stereocenters. The van der Waals surface area contributed by atoms with Gasteiger partial charge in [0.2, 0.25) is 17.8 Å². The molecule has 0 saturated carbocycles. The second kappa shape index (κ2) is 4.10. The van der Waals surface area contributed by atoms with Gasteiger partial charge in [-0.15, -0.1) is 0 Å². The molecule has 8 heteroatoms. The number of carbonyl (C=O) groups excluding carboxylic acids is 2. The van der Waals surface area contributed by atoms with E-state index in [0.29, 0.717) is 5.69 Å². The first-order valence-corrected chi connectivity index (χ1v) is 5.06. The van der Waals surface area contributed by atoms with Crippen molar-refractivity contribution in [3.05, 3.63) is 11.5 Å². The van der Waals surface area contributed by atoms with Crippen LogP contribution < -0.4 is 5.32 Å². The monoisotopic (exact) mass is 253 g/mol. The molecule has 0 aromatic carbocycles. The van der Waals surface area contributed by atoms with Crippen LogP contribution >= 0.6 is 11.6 Å². The van der Waals surface area contributed by atoms with E-state index in [9.17, 15) is 9.59 Å². The Hall–Kier alpha value is -2.02. The van der Waals surface area contributed by atoms with Crippen LogP contribution in [0.2, 0.25) is 5.15 Å². The minimum absolute atomic E-state index is 0.0306. The van der Waals surface area contributed by atoms with Crippen molar-refractivity contribution in [2.45, 2.75) is 13.8 Å². The van der Waals surface area contributed by atoms with Gasteiger partial charge in [-0.1, -0.05) is 11.6 Å². The number of hydrogen-bond donors (Lipinski definition) is 1. The van der Waals surface area contributed by atoms with Crippen molar-refractivity contribution in [1.29, 1.82) is 0 Å². The van der Waals surface area contributed by atoms with Crippen molar-refractivity contribution >= 4 is 29.4 Å². The zero-order valence-electron chi connectivity index (χ0n) is 9.06. The van der Waals surface area contributed by atoms with Crippen molar-refractivity contribution in [1.82, 2.24) is 19.5 Å². The smallest absolute Gasteiger partial charge is 0.231 e. The lowest BCUT2D eigenvalue weighted by molar-refractivity contribution is -0.114. The van der Waals surface area contributed by atoms with Crippen LogP contribution in [0.1, 0.15) is 18.6 Å².